The Kier molecular flexibility index (Phi) is 6.24. The molecule has 1 aromatic rings. The highest BCUT2D eigenvalue weighted by atomic mass is 35.5. The molecule has 0 bridgehead atoms. The quantitative estimate of drug-likeness (QED) is 0.872. The van der Waals surface area contributed by atoms with E-state index in [0.717, 1.165) is 37.7 Å². The van der Waals surface area contributed by atoms with E-state index in [0.29, 0.717) is 19.5 Å². The summed E-state index contributed by atoms with van der Waals surface area (Å²) in [6.45, 7) is 1.10. The number of hydrogen-bond acceptors (Lipinski definition) is 3. The molecule has 2 aliphatic heterocycles. The lowest BCUT2D eigenvalue weighted by Crippen LogP contribution is -2.57. The summed E-state index contributed by atoms with van der Waals surface area (Å²) in [7, 11) is 0. The minimum Gasteiger partial charge on any atom is -0.352 e. The Morgan fingerprint density at radius 2 is 1.92 bits per heavy atom. The fourth-order valence-electron chi connectivity index (χ4n) is 3.87. The number of rotatable bonds is 4. The summed E-state index contributed by atoms with van der Waals surface area (Å²) >= 11 is 0. The zero-order valence-electron chi connectivity index (χ0n) is 13.9. The van der Waals surface area contributed by atoms with E-state index in [9.17, 15) is 9.59 Å². The molecule has 24 heavy (non-hydrogen) atoms. The highest BCUT2D eigenvalue weighted by Gasteiger charge is 2.49. The molecule has 2 fully saturated rings. The number of hydrogen-bond donors (Lipinski definition) is 2. The lowest BCUT2D eigenvalue weighted by Gasteiger charge is -2.36. The minimum absolute atomic E-state index is 0. The molecule has 2 aliphatic rings. The van der Waals surface area contributed by atoms with Crippen LogP contribution in [0.15, 0.2) is 30.3 Å². The third-order valence-corrected chi connectivity index (χ3v) is 5.15. The van der Waals surface area contributed by atoms with Gasteiger partial charge in [0.15, 0.2) is 0 Å². The van der Waals surface area contributed by atoms with E-state index in [4.69, 9.17) is 5.73 Å². The molecule has 0 aromatic heterocycles. The molecule has 2 unspecified atom stereocenters. The summed E-state index contributed by atoms with van der Waals surface area (Å²) in [5, 5.41) is 3.00. The first kappa shape index (κ1) is 18.7. The minimum atomic E-state index is -0.635. The van der Waals surface area contributed by atoms with Gasteiger partial charge in [-0.1, -0.05) is 36.8 Å². The Labute approximate surface area is 149 Å². The number of carbonyl (C=O) groups is 2. The van der Waals surface area contributed by atoms with E-state index in [1.807, 2.05) is 35.2 Å². The summed E-state index contributed by atoms with van der Waals surface area (Å²) in [5.74, 6) is 0.0964. The van der Waals surface area contributed by atoms with Gasteiger partial charge in [-0.25, -0.2) is 0 Å². The lowest BCUT2D eigenvalue weighted by atomic mass is 9.89. The molecule has 2 heterocycles. The van der Waals surface area contributed by atoms with Gasteiger partial charge in [-0.15, -0.1) is 12.4 Å². The average molecular weight is 352 g/mol. The van der Waals surface area contributed by atoms with Gasteiger partial charge in [0.2, 0.25) is 11.8 Å². The van der Waals surface area contributed by atoms with E-state index in [-0.39, 0.29) is 30.3 Å². The second kappa shape index (κ2) is 7.99. The van der Waals surface area contributed by atoms with Crippen LogP contribution in [0.2, 0.25) is 0 Å². The van der Waals surface area contributed by atoms with E-state index in [2.05, 4.69) is 5.32 Å². The topological polar surface area (TPSA) is 75.4 Å². The first-order valence-electron chi connectivity index (χ1n) is 8.53. The molecule has 3 rings (SSSR count). The van der Waals surface area contributed by atoms with Crippen LogP contribution in [0.3, 0.4) is 0 Å². The molecule has 1 aromatic carbocycles. The average Bonchev–Trinajstić information content (AvgIpc) is 2.95. The first-order chi connectivity index (χ1) is 11.1. The van der Waals surface area contributed by atoms with Gasteiger partial charge < -0.3 is 16.0 Å². The van der Waals surface area contributed by atoms with Crippen molar-refractivity contribution in [2.75, 3.05) is 13.1 Å². The second-order valence-electron chi connectivity index (χ2n) is 6.61. The molecule has 0 spiro atoms. The maximum atomic E-state index is 12.9. The van der Waals surface area contributed by atoms with Gasteiger partial charge in [0, 0.05) is 25.6 Å². The fourth-order valence-corrected chi connectivity index (χ4v) is 3.87. The number of halogens is 1. The largest absolute Gasteiger partial charge is 0.352 e. The van der Waals surface area contributed by atoms with Crippen LogP contribution in [0.5, 0.6) is 0 Å². The molecular weight excluding hydrogens is 326 g/mol. The standard InChI is InChI=1S/C18H25N3O2.ClH/c19-15(14-7-2-1-3-8-14)13-20-17(23)18-10-5-4-9-16(22)21(18)12-6-11-18;/h1-3,7-8,15H,4-6,9-13,19H2,(H,20,23);1H. The lowest BCUT2D eigenvalue weighted by molar-refractivity contribution is -0.144. The third kappa shape index (κ3) is 3.57. The number of fused-ring (bicyclic) bond motifs is 1. The number of nitrogens with zero attached hydrogens (tertiary/aromatic N) is 1. The van der Waals surface area contributed by atoms with Crippen molar-refractivity contribution in [1.29, 1.82) is 0 Å². The van der Waals surface area contributed by atoms with Gasteiger partial charge in [0.25, 0.3) is 0 Å². The fraction of sp³-hybridized carbons (Fsp3) is 0.556. The molecule has 2 atom stereocenters. The number of benzene rings is 1. The van der Waals surface area contributed by atoms with E-state index in [1.54, 1.807) is 0 Å². The summed E-state index contributed by atoms with van der Waals surface area (Å²) < 4.78 is 0. The molecule has 5 nitrogen and oxygen atoms in total. The van der Waals surface area contributed by atoms with Crippen LogP contribution in [0.1, 0.15) is 50.1 Å². The van der Waals surface area contributed by atoms with Gasteiger partial charge in [-0.2, -0.15) is 0 Å². The zero-order valence-corrected chi connectivity index (χ0v) is 14.7. The van der Waals surface area contributed by atoms with Gasteiger partial charge in [0.05, 0.1) is 0 Å². The van der Waals surface area contributed by atoms with Gasteiger partial charge >= 0.3 is 0 Å². The zero-order chi connectivity index (χ0) is 16.3. The summed E-state index contributed by atoms with van der Waals surface area (Å²) in [5.41, 5.74) is 6.54. The smallest absolute Gasteiger partial charge is 0.246 e. The van der Waals surface area contributed by atoms with Crippen LogP contribution in [0.4, 0.5) is 0 Å². The van der Waals surface area contributed by atoms with Crippen molar-refractivity contribution >= 4 is 24.2 Å². The number of carbonyl (C=O) groups excluding carboxylic acids is 2. The van der Waals surface area contributed by atoms with Crippen molar-refractivity contribution in [3.05, 3.63) is 35.9 Å². The van der Waals surface area contributed by atoms with Crippen LogP contribution in [0, 0.1) is 0 Å². The maximum Gasteiger partial charge on any atom is 0.246 e. The molecule has 2 saturated heterocycles. The predicted molar refractivity (Wildman–Crippen MR) is 95.8 cm³/mol. The normalized spacial score (nSPS) is 24.5. The molecule has 0 aliphatic carbocycles. The van der Waals surface area contributed by atoms with Crippen molar-refractivity contribution in [2.45, 2.75) is 50.1 Å². The Bertz CT molecular complexity index is 581. The van der Waals surface area contributed by atoms with Gasteiger partial charge in [-0.3, -0.25) is 9.59 Å². The highest BCUT2D eigenvalue weighted by Crippen LogP contribution is 2.37. The Balaban J connectivity index is 0.00000208. The SMILES string of the molecule is Cl.NC(CNC(=O)C12CCCCC(=O)N1CCC2)c1ccccc1. The molecule has 0 saturated carbocycles. The van der Waals surface area contributed by atoms with Crippen molar-refractivity contribution in [3.8, 4) is 0 Å². The Hall–Kier alpha value is -1.59. The van der Waals surface area contributed by atoms with Crippen LogP contribution >= 0.6 is 12.4 Å². The van der Waals surface area contributed by atoms with Crippen LogP contribution < -0.4 is 11.1 Å². The molecule has 0 radical (unpaired) electrons. The first-order valence-corrected chi connectivity index (χ1v) is 8.53. The van der Waals surface area contributed by atoms with Gasteiger partial charge in [0.1, 0.15) is 5.54 Å². The van der Waals surface area contributed by atoms with Crippen LogP contribution in [-0.4, -0.2) is 35.3 Å². The molecule has 6 heteroatoms. The van der Waals surface area contributed by atoms with Crippen molar-refractivity contribution in [2.24, 2.45) is 5.73 Å². The molecular formula is C18H26ClN3O2. The predicted octanol–water partition coefficient (Wildman–Crippen LogP) is 2.16. The Morgan fingerprint density at radius 3 is 2.67 bits per heavy atom. The van der Waals surface area contributed by atoms with Crippen molar-refractivity contribution in [1.82, 2.24) is 10.2 Å². The summed E-state index contributed by atoms with van der Waals surface area (Å²) in [4.78, 5) is 27.0. The summed E-state index contributed by atoms with van der Waals surface area (Å²) in [6.07, 6.45) is 4.83. The highest BCUT2D eigenvalue weighted by molar-refractivity contribution is 5.92. The molecule has 3 N–H and O–H groups in total. The van der Waals surface area contributed by atoms with E-state index in [1.165, 1.54) is 0 Å². The third-order valence-electron chi connectivity index (χ3n) is 5.15. The number of nitrogens with two attached hydrogens (primary N) is 1. The van der Waals surface area contributed by atoms with Crippen LogP contribution in [0.25, 0.3) is 0 Å². The number of amides is 2. The Morgan fingerprint density at radius 1 is 1.21 bits per heavy atom. The van der Waals surface area contributed by atoms with Gasteiger partial charge in [-0.05, 0) is 31.2 Å². The maximum absolute atomic E-state index is 12.9. The summed E-state index contributed by atoms with van der Waals surface area (Å²) in [6, 6.07) is 9.53. The molecule has 2 amide bonds. The molecule has 132 valence electrons. The van der Waals surface area contributed by atoms with E-state index < -0.39 is 5.54 Å². The monoisotopic (exact) mass is 351 g/mol. The van der Waals surface area contributed by atoms with Crippen molar-refractivity contribution in [3.63, 3.8) is 0 Å². The van der Waals surface area contributed by atoms with E-state index >= 15 is 0 Å². The van der Waals surface area contributed by atoms with Crippen LogP contribution in [-0.2, 0) is 9.59 Å². The van der Waals surface area contributed by atoms with Crippen molar-refractivity contribution < 1.29 is 9.59 Å². The number of nitrogens with one attached hydrogen (secondary N) is 1. The second-order valence-corrected chi connectivity index (χ2v) is 6.61.